The van der Waals surface area contributed by atoms with E-state index in [1.807, 2.05) is 34.7 Å². The Morgan fingerprint density at radius 1 is 0.463 bits per heavy atom. The molecule has 8 aromatic rings. The third-order valence-electron chi connectivity index (χ3n) is 9.42. The van der Waals surface area contributed by atoms with Crippen LogP contribution in [-0.2, 0) is 5.41 Å². The molecule has 190 valence electrons. The zero-order valence-corrected chi connectivity index (χ0v) is 21.9. The Kier molecular flexibility index (Phi) is 3.76. The minimum atomic E-state index is -0.569. The highest BCUT2D eigenvalue weighted by Crippen LogP contribution is 2.63. The van der Waals surface area contributed by atoms with Crippen molar-refractivity contribution in [3.63, 3.8) is 0 Å². The normalized spacial score (nSPS) is 14.3. The number of fused-ring (bicyclic) bond motifs is 15. The minimum Gasteiger partial charge on any atom is -0.454 e. The van der Waals surface area contributed by atoms with Crippen LogP contribution in [0.5, 0.6) is 11.5 Å². The summed E-state index contributed by atoms with van der Waals surface area (Å²) in [6.45, 7) is 0. The highest BCUT2D eigenvalue weighted by atomic mass is 16.5. The van der Waals surface area contributed by atoms with Gasteiger partial charge in [0.25, 0.3) is 5.56 Å². The molecule has 1 spiro atoms. The SMILES string of the molecule is O=c1c2ccccc2c2cccc3c4ccc5c(c4n1c23)Oc1ccccc1C51c2ccccc2-c2ccccc21. The van der Waals surface area contributed by atoms with Crippen LogP contribution < -0.4 is 10.3 Å². The molecule has 0 unspecified atom stereocenters. The third-order valence-corrected chi connectivity index (χ3v) is 9.42. The summed E-state index contributed by atoms with van der Waals surface area (Å²) in [5.74, 6) is 1.57. The number of aromatic nitrogens is 1. The number of pyridine rings is 1. The maximum Gasteiger partial charge on any atom is 0.263 e. The molecule has 3 heteroatoms. The minimum absolute atomic E-state index is 0.0172. The van der Waals surface area contributed by atoms with E-state index in [0.29, 0.717) is 5.39 Å². The standard InChI is InChI=1S/C38H21NO2/c40-37-28-13-2-1-10-22(28)25-14-9-15-26-27-20-21-32-36(35(27)39(37)34(25)26)41-33-19-8-7-18-31(33)38(32)29-16-5-3-11-23(29)24-12-4-6-17-30(24)38/h1-21H. The Hall–Kier alpha value is -5.41. The Balaban J connectivity index is 1.47. The summed E-state index contributed by atoms with van der Waals surface area (Å²) in [6.07, 6.45) is 0. The summed E-state index contributed by atoms with van der Waals surface area (Å²) in [4.78, 5) is 14.3. The molecule has 3 heterocycles. The Morgan fingerprint density at radius 2 is 1.02 bits per heavy atom. The van der Waals surface area contributed by atoms with E-state index in [0.717, 1.165) is 55.2 Å². The van der Waals surface area contributed by atoms with E-state index in [2.05, 4.69) is 97.1 Å². The van der Waals surface area contributed by atoms with E-state index in [1.54, 1.807) is 0 Å². The van der Waals surface area contributed by atoms with E-state index in [4.69, 9.17) is 4.74 Å². The van der Waals surface area contributed by atoms with Crippen LogP contribution in [0.3, 0.4) is 0 Å². The molecule has 3 nitrogen and oxygen atoms in total. The first-order chi connectivity index (χ1) is 20.3. The Bertz CT molecular complexity index is 2440. The summed E-state index contributed by atoms with van der Waals surface area (Å²) in [5, 5.41) is 4.85. The maximum atomic E-state index is 14.3. The number of benzene rings is 6. The van der Waals surface area contributed by atoms with Crippen molar-refractivity contribution in [2.75, 3.05) is 0 Å². The molecule has 0 fully saturated rings. The Labute approximate surface area is 234 Å². The first-order valence-electron chi connectivity index (χ1n) is 14.0. The van der Waals surface area contributed by atoms with Gasteiger partial charge in [-0.2, -0.15) is 0 Å². The van der Waals surface area contributed by atoms with Crippen LogP contribution in [0.2, 0.25) is 0 Å². The van der Waals surface area contributed by atoms with Crippen LogP contribution in [-0.4, -0.2) is 4.40 Å². The monoisotopic (exact) mass is 523 g/mol. The zero-order valence-electron chi connectivity index (χ0n) is 21.9. The van der Waals surface area contributed by atoms with Crippen molar-refractivity contribution < 1.29 is 4.74 Å². The molecular formula is C38H21NO2. The van der Waals surface area contributed by atoms with Gasteiger partial charge in [-0.1, -0.05) is 115 Å². The van der Waals surface area contributed by atoms with Crippen molar-refractivity contribution in [1.82, 2.24) is 4.40 Å². The summed E-state index contributed by atoms with van der Waals surface area (Å²) >= 11 is 0. The Morgan fingerprint density at radius 3 is 1.78 bits per heavy atom. The largest absolute Gasteiger partial charge is 0.454 e. The van der Waals surface area contributed by atoms with Crippen molar-refractivity contribution in [3.8, 4) is 22.6 Å². The molecule has 0 bridgehead atoms. The molecule has 0 saturated carbocycles. The van der Waals surface area contributed by atoms with Gasteiger partial charge >= 0.3 is 0 Å². The quantitative estimate of drug-likeness (QED) is 0.186. The van der Waals surface area contributed by atoms with Gasteiger partial charge in [0.1, 0.15) is 11.3 Å². The second kappa shape index (κ2) is 7.21. The first kappa shape index (κ1) is 21.4. The van der Waals surface area contributed by atoms with Gasteiger partial charge in [-0.25, -0.2) is 0 Å². The van der Waals surface area contributed by atoms with Crippen LogP contribution in [0, 0.1) is 0 Å². The van der Waals surface area contributed by atoms with Crippen molar-refractivity contribution in [2.24, 2.45) is 0 Å². The van der Waals surface area contributed by atoms with Crippen LogP contribution >= 0.6 is 0 Å². The fourth-order valence-corrected chi connectivity index (χ4v) is 7.90. The highest BCUT2D eigenvalue weighted by molar-refractivity contribution is 6.21. The topological polar surface area (TPSA) is 30.7 Å². The molecule has 6 aromatic carbocycles. The van der Waals surface area contributed by atoms with E-state index in [9.17, 15) is 4.79 Å². The van der Waals surface area contributed by atoms with Crippen molar-refractivity contribution in [1.29, 1.82) is 0 Å². The van der Waals surface area contributed by atoms with Gasteiger partial charge in [-0.15, -0.1) is 0 Å². The molecular weight excluding hydrogens is 502 g/mol. The summed E-state index contributed by atoms with van der Waals surface area (Å²) in [5.41, 5.74) is 8.33. The average molecular weight is 524 g/mol. The maximum absolute atomic E-state index is 14.3. The fraction of sp³-hybridized carbons (Fsp3) is 0.0263. The van der Waals surface area contributed by atoms with Gasteiger partial charge in [-0.3, -0.25) is 9.20 Å². The van der Waals surface area contributed by atoms with Gasteiger partial charge < -0.3 is 4.74 Å². The van der Waals surface area contributed by atoms with Gasteiger partial charge in [0.15, 0.2) is 5.75 Å². The lowest BCUT2D eigenvalue weighted by atomic mass is 9.66. The van der Waals surface area contributed by atoms with Gasteiger partial charge in [0.05, 0.1) is 10.9 Å². The molecule has 0 radical (unpaired) electrons. The average Bonchev–Trinajstić information content (AvgIpc) is 3.53. The molecule has 2 aliphatic rings. The van der Waals surface area contributed by atoms with Crippen molar-refractivity contribution >= 4 is 38.0 Å². The molecule has 2 aromatic heterocycles. The lowest BCUT2D eigenvalue weighted by molar-refractivity contribution is 0.440. The van der Waals surface area contributed by atoms with Gasteiger partial charge in [-0.05, 0) is 39.8 Å². The summed E-state index contributed by atoms with van der Waals surface area (Å²) < 4.78 is 8.82. The highest BCUT2D eigenvalue weighted by Gasteiger charge is 2.51. The fourth-order valence-electron chi connectivity index (χ4n) is 7.90. The number of nitrogens with zero attached hydrogens (tertiary/aromatic N) is 1. The van der Waals surface area contributed by atoms with Crippen molar-refractivity contribution in [3.05, 3.63) is 160 Å². The van der Waals surface area contributed by atoms with Crippen LogP contribution in [0.1, 0.15) is 22.3 Å². The molecule has 0 saturated heterocycles. The predicted molar refractivity (Wildman–Crippen MR) is 165 cm³/mol. The molecule has 0 amide bonds. The molecule has 0 atom stereocenters. The number of hydrogen-bond donors (Lipinski definition) is 0. The molecule has 1 aliphatic carbocycles. The second-order valence-electron chi connectivity index (χ2n) is 11.2. The predicted octanol–water partition coefficient (Wildman–Crippen LogP) is 8.67. The lowest BCUT2D eigenvalue weighted by Gasteiger charge is -2.39. The lowest BCUT2D eigenvalue weighted by Crippen LogP contribution is -2.32. The summed E-state index contributed by atoms with van der Waals surface area (Å²) in [6, 6.07) is 44.5. The van der Waals surface area contributed by atoms with Gasteiger partial charge in [0.2, 0.25) is 0 Å². The van der Waals surface area contributed by atoms with Crippen LogP contribution in [0.15, 0.2) is 132 Å². The van der Waals surface area contributed by atoms with E-state index < -0.39 is 5.41 Å². The smallest absolute Gasteiger partial charge is 0.263 e. The van der Waals surface area contributed by atoms with Crippen LogP contribution in [0.4, 0.5) is 0 Å². The van der Waals surface area contributed by atoms with E-state index >= 15 is 0 Å². The molecule has 41 heavy (non-hydrogen) atoms. The van der Waals surface area contributed by atoms with Crippen LogP contribution in [0.25, 0.3) is 49.1 Å². The number of para-hydroxylation sites is 2. The number of hydrogen-bond acceptors (Lipinski definition) is 2. The van der Waals surface area contributed by atoms with E-state index in [1.165, 1.54) is 22.3 Å². The van der Waals surface area contributed by atoms with Gasteiger partial charge in [0, 0.05) is 32.7 Å². The molecule has 1 aliphatic heterocycles. The summed E-state index contributed by atoms with van der Waals surface area (Å²) in [7, 11) is 0. The molecule has 0 N–H and O–H groups in total. The molecule has 10 rings (SSSR count). The number of rotatable bonds is 0. The first-order valence-corrected chi connectivity index (χ1v) is 14.0. The number of ether oxygens (including phenoxy) is 1. The van der Waals surface area contributed by atoms with E-state index in [-0.39, 0.29) is 5.56 Å². The zero-order chi connectivity index (χ0) is 26.9. The third kappa shape index (κ3) is 2.33. The second-order valence-corrected chi connectivity index (χ2v) is 11.2. The van der Waals surface area contributed by atoms with Crippen molar-refractivity contribution in [2.45, 2.75) is 5.41 Å².